The van der Waals surface area contributed by atoms with Gasteiger partial charge in [0.2, 0.25) is 47.3 Å². The normalized spacial score (nSPS) is 24.2. The van der Waals surface area contributed by atoms with E-state index in [0.29, 0.717) is 129 Å². The second-order valence-corrected chi connectivity index (χ2v) is 34.9. The summed E-state index contributed by atoms with van der Waals surface area (Å²) in [7, 11) is -2.31. The Balaban J connectivity index is 0.919. The molecule has 134 heavy (non-hydrogen) atoms. The number of hydrogen-bond donors (Lipinski definition) is 18. The topological polar surface area (TPSA) is 584 Å². The third-order valence-electron chi connectivity index (χ3n) is 23.4. The van der Waals surface area contributed by atoms with Crippen LogP contribution in [0.4, 0.5) is 5.69 Å². The number of para-hydroxylation sites is 1. The van der Waals surface area contributed by atoms with Crippen molar-refractivity contribution in [1.29, 1.82) is 0 Å². The molecule has 0 aliphatic carbocycles. The van der Waals surface area contributed by atoms with Crippen molar-refractivity contribution in [1.82, 2.24) is 47.4 Å². The van der Waals surface area contributed by atoms with Crippen LogP contribution in [0.25, 0.3) is 11.4 Å². The number of aliphatic hydroxyl groups is 9. The minimum absolute atomic E-state index is 0.0894. The molecule has 8 amide bonds. The van der Waals surface area contributed by atoms with Gasteiger partial charge in [0.25, 0.3) is 0 Å². The number of fused-ring (bicyclic) bond motifs is 2. The van der Waals surface area contributed by atoms with Gasteiger partial charge in [-0.3, -0.25) is 38.4 Å². The molecule has 7 rings (SSSR count). The van der Waals surface area contributed by atoms with E-state index in [1.165, 1.54) is 20.8 Å². The zero-order chi connectivity index (χ0) is 97.0. The first-order valence-electron chi connectivity index (χ1n) is 46.9. The molecule has 5 heterocycles. The van der Waals surface area contributed by atoms with Gasteiger partial charge in [-0.25, -0.2) is 0 Å². The number of unbranched alkanes of at least 4 members (excludes halogenated alkanes) is 13. The van der Waals surface area contributed by atoms with Crippen LogP contribution in [0, 0.1) is 18.4 Å². The Hall–Kier alpha value is -8.04. The first kappa shape index (κ1) is 113. The van der Waals surface area contributed by atoms with E-state index in [1.807, 2.05) is 36.4 Å². The predicted octanol–water partition coefficient (Wildman–Crippen LogP) is -0.130. The maximum Gasteiger partial charge on any atom is 0.759 e. The molecule has 16 atom stereocenters. The Bertz CT molecular complexity index is 3700. The molecule has 756 valence electrons. The molecule has 19 N–H and O–H groups in total. The average molecular weight is 1920 g/mol. The van der Waals surface area contributed by atoms with Gasteiger partial charge in [-0.15, -0.1) is 4.52 Å². The SMILES string of the molecule is C#CO[P+](=O)OCCCCCCCN1Cc2ccccc2/C(N)=C(/NCCOCCOCC(=O)N2CCC(C(=O)NC(COCCC(=O)NCCCCCCOC3OC(CO)C(O)C(O)C3NC(C)=O)(COCCC(=O)NCCCCCCOC3OC(CO)C(O)C(O)C3NC(C)=O)COCCC(=O)NCCCCCCOC3OC(CO)C(O)C(O)C3NC(C)=O)CC2)c2ccccc21. The van der Waals surface area contributed by atoms with Gasteiger partial charge in [0.15, 0.2) is 25.0 Å². The lowest BCUT2D eigenvalue weighted by Crippen LogP contribution is -2.64. The Kier molecular flexibility index (Phi) is 53.5. The average Bonchev–Trinajstić information content (AvgIpc) is 0.587. The number of likely N-dealkylation sites (tertiary alicyclic amines) is 1. The molecule has 42 nitrogen and oxygen atoms in total. The quantitative estimate of drug-likeness (QED) is 0.0233. The van der Waals surface area contributed by atoms with Crippen LogP contribution in [0.15, 0.2) is 48.5 Å². The summed E-state index contributed by atoms with van der Waals surface area (Å²) in [5, 5.41) is 115. The number of anilines is 1. The summed E-state index contributed by atoms with van der Waals surface area (Å²) in [6.07, 6.45) is 3.76. The Labute approximate surface area is 785 Å². The summed E-state index contributed by atoms with van der Waals surface area (Å²) in [6, 6.07) is 13.0. The summed E-state index contributed by atoms with van der Waals surface area (Å²) in [5.74, 6) is -3.71. The third-order valence-corrected chi connectivity index (χ3v) is 24.1. The van der Waals surface area contributed by atoms with Crippen molar-refractivity contribution in [2.45, 2.75) is 266 Å². The highest BCUT2D eigenvalue weighted by molar-refractivity contribution is 7.33. The van der Waals surface area contributed by atoms with E-state index in [9.17, 15) is 88.9 Å². The van der Waals surface area contributed by atoms with Crippen LogP contribution in [-0.4, -0.2) is 354 Å². The Morgan fingerprint density at radius 1 is 0.493 bits per heavy atom. The molecule has 0 aromatic heterocycles. The second-order valence-electron chi connectivity index (χ2n) is 34.0. The van der Waals surface area contributed by atoms with Crippen molar-refractivity contribution < 1.29 is 150 Å². The zero-order valence-corrected chi connectivity index (χ0v) is 78.5. The minimum Gasteiger partial charge on any atom is -0.397 e. The molecule has 0 radical (unpaired) electrons. The molecule has 16 unspecified atom stereocenters. The highest BCUT2D eigenvalue weighted by Gasteiger charge is 2.49. The molecule has 43 heteroatoms. The summed E-state index contributed by atoms with van der Waals surface area (Å²) >= 11 is 0. The number of benzene rings is 2. The zero-order valence-electron chi connectivity index (χ0n) is 77.6. The summed E-state index contributed by atoms with van der Waals surface area (Å²) < 4.78 is 86.3. The van der Waals surface area contributed by atoms with E-state index in [2.05, 4.69) is 70.2 Å². The smallest absolute Gasteiger partial charge is 0.397 e. The van der Waals surface area contributed by atoms with Crippen LogP contribution in [-0.2, 0) is 111 Å². The first-order valence-corrected chi connectivity index (χ1v) is 48.0. The molecule has 0 bridgehead atoms. The molecular formula is C91H147N11O31P+. The number of nitrogens with zero attached hydrogens (tertiary/aromatic N) is 2. The van der Waals surface area contributed by atoms with Gasteiger partial charge in [-0.2, -0.15) is 4.52 Å². The van der Waals surface area contributed by atoms with E-state index in [4.69, 9.17) is 68.8 Å². The first-order chi connectivity index (χ1) is 64.7. The molecule has 4 saturated heterocycles. The molecule has 0 saturated carbocycles. The number of carbonyl (C=O) groups is 8. The lowest BCUT2D eigenvalue weighted by Gasteiger charge is -2.42. The second kappa shape index (κ2) is 63.5. The maximum atomic E-state index is 14.8. The molecule has 5 aliphatic rings. The molecule has 2 aromatic carbocycles. The molecule has 4 fully saturated rings. The highest BCUT2D eigenvalue weighted by Crippen LogP contribution is 2.36. The lowest BCUT2D eigenvalue weighted by atomic mass is 9.93. The highest BCUT2D eigenvalue weighted by atomic mass is 31.1. The van der Waals surface area contributed by atoms with Crippen LogP contribution >= 0.6 is 8.25 Å². The van der Waals surface area contributed by atoms with Crippen molar-refractivity contribution in [3.8, 4) is 12.5 Å². The monoisotopic (exact) mass is 1920 g/mol. The number of terminal acetylenes is 1. The molecule has 5 aliphatic heterocycles. The molecule has 0 spiro atoms. The number of rotatable bonds is 66. The van der Waals surface area contributed by atoms with Gasteiger partial charge in [-0.05, 0) is 75.8 Å². The van der Waals surface area contributed by atoms with E-state index in [0.717, 1.165) is 66.7 Å². The van der Waals surface area contributed by atoms with Crippen LogP contribution in [0.3, 0.4) is 0 Å². The van der Waals surface area contributed by atoms with Crippen molar-refractivity contribution in [2.75, 3.05) is 163 Å². The maximum absolute atomic E-state index is 14.8. The lowest BCUT2D eigenvalue weighted by molar-refractivity contribution is -0.270. The van der Waals surface area contributed by atoms with Crippen LogP contribution < -0.4 is 53.2 Å². The van der Waals surface area contributed by atoms with E-state index < -0.39 is 155 Å². The van der Waals surface area contributed by atoms with Gasteiger partial charge < -0.3 is 156 Å². The number of piperidine rings is 1. The van der Waals surface area contributed by atoms with E-state index in [-0.39, 0.29) is 148 Å². The standard InChI is InChI=1S/C91H146N11O31P/c1-5-129-134(120)130-46-26-11-6-10-22-40-102-53-65-27-15-16-28-66(65)76(92)77(67-29-17-18-30-68(67)102)96-39-50-121-51-52-122-57-75(112)101-41-31-64(32-42-101)87(119)100-91(58-123-47-33-72(109)93-36-19-7-12-23-43-126-88-78(97-61(2)106)84(116)81(113)69(54-103)131-88,59-124-48-34-73(110)94-37-20-8-13-24-44-127-89-79(98-62(3)107)85(117)82(114)70(55-104)132-89)60-125-49-35-74(111)95-38-21-9-14-25-45-128-90-80(99-63(4)108)86(118)83(115)71(56-105)133-90/h1,15-18,27-30,64,69-71,78-86,88-90,96,103-105,113-118H,6-14,19-26,31-60,92H2,2-4H3,(H6-,93,94,95,97,98,99,100,106,107,108,109,110,111,119)/p+1/b77-76-. The number of nitrogens with one attached hydrogen (secondary N) is 8. The Morgan fingerprint density at radius 2 is 0.903 bits per heavy atom. The minimum atomic E-state index is -2.31. The summed E-state index contributed by atoms with van der Waals surface area (Å²) in [4.78, 5) is 108. The number of aliphatic hydroxyl groups excluding tert-OH is 9. The van der Waals surface area contributed by atoms with Gasteiger partial charge in [0, 0.05) is 140 Å². The summed E-state index contributed by atoms with van der Waals surface area (Å²) in [6.45, 7) is 5.32. The predicted molar refractivity (Wildman–Crippen MR) is 486 cm³/mol. The number of hydrogen-bond acceptors (Lipinski definition) is 34. The number of amides is 8. The van der Waals surface area contributed by atoms with Gasteiger partial charge in [0.05, 0.1) is 90.7 Å². The fourth-order valence-corrected chi connectivity index (χ4v) is 16.5. The van der Waals surface area contributed by atoms with Gasteiger partial charge in [0.1, 0.15) is 91.8 Å². The fraction of sp³-hybridized carbons (Fsp3) is 0.736. The van der Waals surface area contributed by atoms with Crippen LogP contribution in [0.1, 0.15) is 179 Å². The fourth-order valence-electron chi connectivity index (χ4n) is 16.1. The van der Waals surface area contributed by atoms with Crippen molar-refractivity contribution >= 4 is 72.6 Å². The van der Waals surface area contributed by atoms with Crippen molar-refractivity contribution in [3.05, 3.63) is 65.2 Å². The molecule has 2 aromatic rings. The van der Waals surface area contributed by atoms with Crippen molar-refractivity contribution in [3.63, 3.8) is 0 Å². The number of carbonyl (C=O) groups excluding carboxylic acids is 8. The summed E-state index contributed by atoms with van der Waals surface area (Å²) in [5.41, 5.74) is 10.9. The van der Waals surface area contributed by atoms with E-state index in [1.54, 1.807) is 4.90 Å². The third kappa shape index (κ3) is 39.8. The van der Waals surface area contributed by atoms with Crippen LogP contribution in [0.2, 0.25) is 0 Å². The largest absolute Gasteiger partial charge is 0.759 e. The number of nitrogens with two attached hydrogens (primary N) is 1. The van der Waals surface area contributed by atoms with Gasteiger partial charge >= 0.3 is 8.25 Å². The van der Waals surface area contributed by atoms with Gasteiger partial charge in [-0.1, -0.05) is 107 Å². The Morgan fingerprint density at radius 3 is 1.35 bits per heavy atom. The van der Waals surface area contributed by atoms with E-state index >= 15 is 0 Å². The van der Waals surface area contributed by atoms with Crippen LogP contribution in [0.5, 0.6) is 0 Å². The molecular weight excluding hydrogens is 1770 g/mol. The number of ether oxygens (including phenoxy) is 11. The van der Waals surface area contributed by atoms with Crippen molar-refractivity contribution in [2.24, 2.45) is 11.7 Å².